The third-order valence-electron chi connectivity index (χ3n) is 1.90. The molecule has 0 spiro atoms. The number of carboxylic acid groups (broad SMARTS) is 3. The Morgan fingerprint density at radius 3 is 1.63 bits per heavy atom. The molecule has 4 N–H and O–H groups in total. The fourth-order valence-electron chi connectivity index (χ4n) is 1.10. The van der Waals surface area contributed by atoms with Gasteiger partial charge in [-0.25, -0.2) is 9.59 Å². The molecule has 0 bridgehead atoms. The molecule has 0 aliphatic rings. The van der Waals surface area contributed by atoms with Crippen LogP contribution in [0.2, 0.25) is 0 Å². The van der Waals surface area contributed by atoms with Crippen molar-refractivity contribution < 1.29 is 44.3 Å². The van der Waals surface area contributed by atoms with Crippen LogP contribution in [0.25, 0.3) is 0 Å². The molecule has 19 heavy (non-hydrogen) atoms. The Morgan fingerprint density at radius 2 is 1.42 bits per heavy atom. The molecule has 0 heterocycles. The molecule has 0 radical (unpaired) electrons. The molecule has 0 fully saturated rings. The second-order valence-electron chi connectivity index (χ2n) is 3.54. The van der Waals surface area contributed by atoms with E-state index in [1.165, 1.54) is 0 Å². The Labute approximate surface area is 137 Å². The number of hydrogen-bond acceptors (Lipinski definition) is 6. The molecule has 0 rings (SSSR count). The van der Waals surface area contributed by atoms with E-state index in [4.69, 9.17) is 20.4 Å². The molecule has 0 aliphatic heterocycles. The number of aliphatic hydroxyl groups excluding tert-OH is 1. The zero-order chi connectivity index (χ0) is 14.5. The Hall–Kier alpha value is -0.900. The van der Waals surface area contributed by atoms with Gasteiger partial charge >= 0.3 is 61.6 Å². The van der Waals surface area contributed by atoms with Crippen molar-refractivity contribution in [1.82, 2.24) is 0 Å². The fraction of sp³-hybridized carbons (Fsp3) is 0.556. The number of carbonyl (C=O) groups is 4. The number of carbonyl (C=O) groups excluding carboxylic acids is 1. The number of ether oxygens (including phenoxy) is 1. The number of hydrogen-bond donors (Lipinski definition) is 4. The average Bonchev–Trinajstić information content (AvgIpc) is 2.14. The third kappa shape index (κ3) is 6.71. The summed E-state index contributed by atoms with van der Waals surface area (Å²) < 4.78 is 4.33. The summed E-state index contributed by atoms with van der Waals surface area (Å²) in [5.41, 5.74) is -2.74. The maximum atomic E-state index is 11.1. The Bertz CT molecular complexity index is 360. The van der Waals surface area contributed by atoms with Gasteiger partial charge in [-0.15, -0.1) is 0 Å². The van der Waals surface area contributed by atoms with Crippen LogP contribution in [0.15, 0.2) is 0 Å². The number of aliphatic hydroxyl groups is 1. The summed E-state index contributed by atoms with van der Waals surface area (Å²) in [7, 11) is 0. The molecule has 1 unspecified atom stereocenters. The zero-order valence-corrected chi connectivity index (χ0v) is 9.32. The van der Waals surface area contributed by atoms with Crippen LogP contribution in [0.5, 0.6) is 0 Å². The Balaban J connectivity index is 0. The van der Waals surface area contributed by atoms with Gasteiger partial charge in [0, 0.05) is 0 Å². The van der Waals surface area contributed by atoms with Gasteiger partial charge in [-0.3, -0.25) is 9.59 Å². The maximum absolute atomic E-state index is 11.1. The van der Waals surface area contributed by atoms with Crippen molar-refractivity contribution in [3.63, 3.8) is 0 Å². The summed E-state index contributed by atoms with van der Waals surface area (Å²) in [6, 6.07) is 0. The second-order valence-corrected chi connectivity index (χ2v) is 3.54. The minimum atomic E-state index is -2.74. The van der Waals surface area contributed by atoms with Crippen LogP contribution < -0.4 is 0 Å². The minimum absolute atomic E-state index is 0. The van der Waals surface area contributed by atoms with Crippen LogP contribution in [0.4, 0.5) is 0 Å². The van der Waals surface area contributed by atoms with Crippen molar-refractivity contribution in [3.05, 3.63) is 0 Å². The molecular formula is C9H14CaO9. The number of rotatable bonds is 7. The van der Waals surface area contributed by atoms with E-state index in [-0.39, 0.29) is 37.7 Å². The van der Waals surface area contributed by atoms with E-state index in [9.17, 15) is 19.2 Å². The van der Waals surface area contributed by atoms with Gasteiger partial charge in [0.25, 0.3) is 0 Å². The van der Waals surface area contributed by atoms with E-state index < -0.39 is 48.4 Å². The summed E-state index contributed by atoms with van der Waals surface area (Å²) in [5, 5.41) is 34.8. The summed E-state index contributed by atoms with van der Waals surface area (Å²) in [6.45, 7) is 0.969. The third-order valence-corrected chi connectivity index (χ3v) is 1.90. The molecule has 106 valence electrons. The monoisotopic (exact) mass is 306 g/mol. The first kappa shape index (κ1) is 20.4. The molecule has 0 aromatic heterocycles. The molecule has 0 aromatic rings. The van der Waals surface area contributed by atoms with Gasteiger partial charge in [-0.1, -0.05) is 0 Å². The molecule has 1 atom stereocenters. The molecular weight excluding hydrogens is 292 g/mol. The second kappa shape index (κ2) is 8.31. The average molecular weight is 306 g/mol. The van der Waals surface area contributed by atoms with Gasteiger partial charge < -0.3 is 25.2 Å². The molecule has 0 saturated carbocycles. The zero-order valence-electron chi connectivity index (χ0n) is 9.32. The van der Waals surface area contributed by atoms with Crippen molar-refractivity contribution in [1.29, 1.82) is 0 Å². The van der Waals surface area contributed by atoms with Crippen LogP contribution >= 0.6 is 0 Å². The number of esters is 1. The van der Waals surface area contributed by atoms with Crippen LogP contribution in [0.1, 0.15) is 19.8 Å². The van der Waals surface area contributed by atoms with Gasteiger partial charge in [0.1, 0.15) is 6.10 Å². The SMILES string of the molecule is CC(O)C(=O)OC(CC(=O)O)(CC(=O)O)C(=O)O.[CaH2]. The molecule has 0 saturated heterocycles. The Morgan fingerprint density at radius 1 is 1.05 bits per heavy atom. The first-order chi connectivity index (χ1) is 8.10. The summed E-state index contributed by atoms with van der Waals surface area (Å²) >= 11 is 0. The van der Waals surface area contributed by atoms with Gasteiger partial charge in [-0.2, -0.15) is 0 Å². The predicted molar refractivity (Wildman–Crippen MR) is 61.2 cm³/mol. The van der Waals surface area contributed by atoms with E-state index >= 15 is 0 Å². The number of aliphatic carboxylic acids is 3. The van der Waals surface area contributed by atoms with Crippen LogP contribution in [0, 0.1) is 0 Å². The van der Waals surface area contributed by atoms with Gasteiger partial charge in [0.05, 0.1) is 12.8 Å². The van der Waals surface area contributed by atoms with E-state index in [0.29, 0.717) is 0 Å². The van der Waals surface area contributed by atoms with Crippen LogP contribution in [-0.2, 0) is 23.9 Å². The topological polar surface area (TPSA) is 158 Å². The molecule has 0 aliphatic carbocycles. The summed E-state index contributed by atoms with van der Waals surface area (Å²) in [4.78, 5) is 43.2. The quantitative estimate of drug-likeness (QED) is 0.301. The molecule has 0 aromatic carbocycles. The molecule has 10 heteroatoms. The first-order valence-corrected chi connectivity index (χ1v) is 4.68. The van der Waals surface area contributed by atoms with E-state index in [1.54, 1.807) is 0 Å². The van der Waals surface area contributed by atoms with Gasteiger partial charge in [-0.05, 0) is 6.92 Å². The van der Waals surface area contributed by atoms with Crippen molar-refractivity contribution in [2.24, 2.45) is 0 Å². The number of carboxylic acids is 3. The predicted octanol–water partition coefficient (Wildman–Crippen LogP) is -2.23. The van der Waals surface area contributed by atoms with E-state index in [1.807, 2.05) is 0 Å². The normalized spacial score (nSPS) is 11.9. The van der Waals surface area contributed by atoms with Crippen LogP contribution in [0.3, 0.4) is 0 Å². The summed E-state index contributed by atoms with van der Waals surface area (Å²) in [6.07, 6.45) is -4.16. The summed E-state index contributed by atoms with van der Waals surface area (Å²) in [5.74, 6) is -6.64. The van der Waals surface area contributed by atoms with Gasteiger partial charge in [0.2, 0.25) is 5.60 Å². The fourth-order valence-corrected chi connectivity index (χ4v) is 1.10. The van der Waals surface area contributed by atoms with Crippen LogP contribution in [-0.4, -0.2) is 93.7 Å². The van der Waals surface area contributed by atoms with Gasteiger partial charge in [0.15, 0.2) is 0 Å². The first-order valence-electron chi connectivity index (χ1n) is 4.68. The Kier molecular flexibility index (Phi) is 8.93. The molecule has 9 nitrogen and oxygen atoms in total. The van der Waals surface area contributed by atoms with Crippen molar-refractivity contribution >= 4 is 61.6 Å². The molecule has 0 amide bonds. The standard InChI is InChI=1S/C9H12O9.Ca.2H/c1-4(10)7(15)18-9(8(16)17,2-5(11)12)3-6(13)14;;;/h4,10H,2-3H2,1H3,(H,11,12)(H,13,14)(H,16,17);;;. The van der Waals surface area contributed by atoms with E-state index in [0.717, 1.165) is 6.92 Å². The van der Waals surface area contributed by atoms with Crippen molar-refractivity contribution in [3.8, 4) is 0 Å². The van der Waals surface area contributed by atoms with E-state index in [2.05, 4.69) is 4.74 Å². The van der Waals surface area contributed by atoms with Crippen molar-refractivity contribution in [2.75, 3.05) is 0 Å². The van der Waals surface area contributed by atoms with Crippen molar-refractivity contribution in [2.45, 2.75) is 31.5 Å².